The van der Waals surface area contributed by atoms with Crippen LogP contribution in [-0.4, -0.2) is 22.7 Å². The lowest BCUT2D eigenvalue weighted by molar-refractivity contribution is -0.386. The Morgan fingerprint density at radius 1 is 1.38 bits per heavy atom. The average Bonchev–Trinajstić information content (AvgIpc) is 2.78. The number of nitrogens with zero attached hydrogens (tertiary/aromatic N) is 1. The van der Waals surface area contributed by atoms with Crippen LogP contribution >= 0.6 is 0 Å². The fraction of sp³-hybridized carbons (Fsp3) is 0.611. The van der Waals surface area contributed by atoms with Crippen molar-refractivity contribution in [1.82, 2.24) is 0 Å². The third kappa shape index (κ3) is 4.83. The predicted molar refractivity (Wildman–Crippen MR) is 95.0 cm³/mol. The van der Waals surface area contributed by atoms with Crippen LogP contribution in [0.15, 0.2) is 12.1 Å². The summed E-state index contributed by atoms with van der Waals surface area (Å²) in [6.45, 7) is 9.01. The first-order valence-corrected chi connectivity index (χ1v) is 8.54. The van der Waals surface area contributed by atoms with Crippen LogP contribution in [0.4, 0.5) is 20.6 Å². The second-order valence-corrected chi connectivity index (χ2v) is 8.17. The Labute approximate surface area is 152 Å². The lowest BCUT2D eigenvalue weighted by Crippen LogP contribution is -2.29. The van der Waals surface area contributed by atoms with E-state index in [0.717, 1.165) is 31.4 Å². The number of ether oxygens (including phenoxy) is 2. The number of carbonyl (C=O) groups is 1. The highest BCUT2D eigenvalue weighted by Gasteiger charge is 2.37. The summed E-state index contributed by atoms with van der Waals surface area (Å²) in [7, 11) is 0. The number of hydrogen-bond acceptors (Lipinski definition) is 5. The van der Waals surface area contributed by atoms with Gasteiger partial charge in [-0.15, -0.1) is 0 Å². The molecule has 0 bridgehead atoms. The molecule has 0 saturated heterocycles. The maximum atomic E-state index is 14.4. The van der Waals surface area contributed by atoms with Gasteiger partial charge in [-0.25, -0.2) is 9.18 Å². The van der Waals surface area contributed by atoms with E-state index >= 15 is 0 Å². The number of amides is 1. The summed E-state index contributed by atoms with van der Waals surface area (Å²) in [5.74, 6) is -0.963. The monoisotopic (exact) mass is 368 g/mol. The lowest BCUT2D eigenvalue weighted by atomic mass is 9.89. The molecule has 7 nitrogen and oxygen atoms in total. The topological polar surface area (TPSA) is 90.7 Å². The number of benzene rings is 1. The van der Waals surface area contributed by atoms with Crippen LogP contribution in [0.25, 0.3) is 0 Å². The normalized spacial score (nSPS) is 19.1. The molecule has 144 valence electrons. The highest BCUT2D eigenvalue weighted by molar-refractivity contribution is 5.86. The summed E-state index contributed by atoms with van der Waals surface area (Å²) >= 11 is 0. The number of carbonyl (C=O) groups excluding carboxylic acids is 1. The standard InChI is InChI=1S/C18H25FN2O5/c1-17(2,3)26-16(22)20-12-10-13(21(23)24)14(9-11(12)19)25-15-7-6-8-18(15,4)5/h9-10,15H,6-8H2,1-5H3,(H,20,22). The van der Waals surface area contributed by atoms with Crippen molar-refractivity contribution >= 4 is 17.5 Å². The van der Waals surface area contributed by atoms with Crippen molar-refractivity contribution in [2.24, 2.45) is 5.41 Å². The van der Waals surface area contributed by atoms with Gasteiger partial charge in [-0.05, 0) is 40.0 Å². The van der Waals surface area contributed by atoms with Gasteiger partial charge in [-0.2, -0.15) is 0 Å². The van der Waals surface area contributed by atoms with Crippen molar-refractivity contribution in [1.29, 1.82) is 0 Å². The van der Waals surface area contributed by atoms with E-state index < -0.39 is 28.1 Å². The molecule has 26 heavy (non-hydrogen) atoms. The Morgan fingerprint density at radius 3 is 2.54 bits per heavy atom. The smallest absolute Gasteiger partial charge is 0.412 e. The van der Waals surface area contributed by atoms with Gasteiger partial charge in [0.05, 0.1) is 10.6 Å². The molecular weight excluding hydrogens is 343 g/mol. The maximum absolute atomic E-state index is 14.4. The second kappa shape index (κ2) is 7.09. The molecule has 1 amide bonds. The number of anilines is 1. The maximum Gasteiger partial charge on any atom is 0.412 e. The molecule has 0 aromatic heterocycles. The van der Waals surface area contributed by atoms with Gasteiger partial charge in [0.15, 0.2) is 11.6 Å². The van der Waals surface area contributed by atoms with Crippen molar-refractivity contribution in [2.45, 2.75) is 65.6 Å². The molecule has 8 heteroatoms. The highest BCUT2D eigenvalue weighted by atomic mass is 19.1. The molecular formula is C18H25FN2O5. The minimum absolute atomic E-state index is 0.137. The Kier molecular flexibility index (Phi) is 5.44. The minimum Gasteiger partial charge on any atom is -0.483 e. The number of nitro benzene ring substituents is 1. The quantitative estimate of drug-likeness (QED) is 0.594. The van der Waals surface area contributed by atoms with E-state index in [0.29, 0.717) is 0 Å². The first kappa shape index (κ1) is 19.9. The summed E-state index contributed by atoms with van der Waals surface area (Å²) in [5.41, 5.74) is -1.65. The number of hydrogen-bond donors (Lipinski definition) is 1. The molecule has 0 spiro atoms. The zero-order chi connectivity index (χ0) is 19.7. The third-order valence-electron chi connectivity index (χ3n) is 4.31. The molecule has 1 aliphatic rings. The van der Waals surface area contributed by atoms with Crippen LogP contribution in [0.1, 0.15) is 53.9 Å². The van der Waals surface area contributed by atoms with Gasteiger partial charge >= 0.3 is 11.8 Å². The van der Waals surface area contributed by atoms with E-state index in [1.165, 1.54) is 0 Å². The van der Waals surface area contributed by atoms with Crippen molar-refractivity contribution in [3.05, 3.63) is 28.1 Å². The number of rotatable bonds is 4. The first-order chi connectivity index (χ1) is 11.9. The second-order valence-electron chi connectivity index (χ2n) is 8.17. The van der Waals surface area contributed by atoms with E-state index in [-0.39, 0.29) is 23.0 Å². The number of nitrogens with one attached hydrogen (secondary N) is 1. The van der Waals surface area contributed by atoms with Gasteiger partial charge in [0.25, 0.3) is 0 Å². The molecule has 1 fully saturated rings. The fourth-order valence-electron chi connectivity index (χ4n) is 2.96. The molecule has 0 aliphatic heterocycles. The molecule has 1 aromatic rings. The first-order valence-electron chi connectivity index (χ1n) is 8.54. The van der Waals surface area contributed by atoms with Gasteiger partial charge in [-0.3, -0.25) is 15.4 Å². The fourth-order valence-corrected chi connectivity index (χ4v) is 2.96. The van der Waals surface area contributed by atoms with Gasteiger partial charge in [0.1, 0.15) is 11.7 Å². The van der Waals surface area contributed by atoms with Gasteiger partial charge in [-0.1, -0.05) is 13.8 Å². The Balaban J connectivity index is 2.27. The van der Waals surface area contributed by atoms with Crippen molar-refractivity contribution in [3.63, 3.8) is 0 Å². The Bertz CT molecular complexity index is 712. The summed E-state index contributed by atoms with van der Waals surface area (Å²) in [6, 6.07) is 1.90. The molecule has 1 atom stereocenters. The number of nitro groups is 1. The van der Waals surface area contributed by atoms with Crippen LogP contribution in [0.3, 0.4) is 0 Å². The average molecular weight is 368 g/mol. The van der Waals surface area contributed by atoms with Crippen LogP contribution in [0.2, 0.25) is 0 Å². The van der Waals surface area contributed by atoms with Gasteiger partial charge in [0, 0.05) is 17.5 Å². The van der Waals surface area contributed by atoms with Crippen LogP contribution in [0, 0.1) is 21.3 Å². The molecule has 1 aliphatic carbocycles. The molecule has 0 heterocycles. The molecule has 2 rings (SSSR count). The molecule has 1 aromatic carbocycles. The largest absolute Gasteiger partial charge is 0.483 e. The predicted octanol–water partition coefficient (Wildman–Crippen LogP) is 5.04. The van der Waals surface area contributed by atoms with Crippen LogP contribution in [0.5, 0.6) is 5.75 Å². The van der Waals surface area contributed by atoms with Crippen LogP contribution in [-0.2, 0) is 4.74 Å². The molecule has 1 N–H and O–H groups in total. The summed E-state index contributed by atoms with van der Waals surface area (Å²) in [4.78, 5) is 22.5. The Hall–Kier alpha value is -2.38. The zero-order valence-corrected chi connectivity index (χ0v) is 15.7. The zero-order valence-electron chi connectivity index (χ0n) is 15.7. The van der Waals surface area contributed by atoms with Gasteiger partial charge < -0.3 is 9.47 Å². The molecule has 1 saturated carbocycles. The van der Waals surface area contributed by atoms with Gasteiger partial charge in [0.2, 0.25) is 0 Å². The van der Waals surface area contributed by atoms with E-state index in [4.69, 9.17) is 9.47 Å². The van der Waals surface area contributed by atoms with Crippen molar-refractivity contribution < 1.29 is 23.6 Å². The third-order valence-corrected chi connectivity index (χ3v) is 4.31. The molecule has 1 unspecified atom stereocenters. The lowest BCUT2D eigenvalue weighted by Gasteiger charge is -2.27. The minimum atomic E-state index is -0.892. The van der Waals surface area contributed by atoms with Crippen molar-refractivity contribution in [2.75, 3.05) is 5.32 Å². The van der Waals surface area contributed by atoms with E-state index in [2.05, 4.69) is 5.32 Å². The number of halogens is 1. The van der Waals surface area contributed by atoms with E-state index in [1.807, 2.05) is 13.8 Å². The van der Waals surface area contributed by atoms with E-state index in [1.54, 1.807) is 20.8 Å². The van der Waals surface area contributed by atoms with Crippen molar-refractivity contribution in [3.8, 4) is 5.75 Å². The SMILES string of the molecule is CC(C)(C)OC(=O)Nc1cc([N+](=O)[O-])c(OC2CCCC2(C)C)cc1F. The highest BCUT2D eigenvalue weighted by Crippen LogP contribution is 2.42. The van der Waals surface area contributed by atoms with Crippen LogP contribution < -0.4 is 10.1 Å². The summed E-state index contributed by atoms with van der Waals surface area (Å²) in [6.07, 6.45) is 1.52. The summed E-state index contributed by atoms with van der Waals surface area (Å²) < 4.78 is 25.2. The summed E-state index contributed by atoms with van der Waals surface area (Å²) in [5, 5.41) is 13.6. The van der Waals surface area contributed by atoms with E-state index in [9.17, 15) is 19.3 Å². The Morgan fingerprint density at radius 2 is 2.04 bits per heavy atom. The molecule has 0 radical (unpaired) electrons.